The van der Waals surface area contributed by atoms with Gasteiger partial charge in [-0.15, -0.1) is 5.73 Å². The molecule has 1 heterocycles. The van der Waals surface area contributed by atoms with Crippen LogP contribution in [0.15, 0.2) is 18.4 Å². The normalized spacial score (nSPS) is 47.4. The highest BCUT2D eigenvalue weighted by atomic mass is 19.2. The van der Waals surface area contributed by atoms with Gasteiger partial charge in [0.05, 0.1) is 6.61 Å². The maximum atomic E-state index is 13.5. The number of hydrogen-bond acceptors (Lipinski definition) is 4. The summed E-state index contributed by atoms with van der Waals surface area (Å²) in [5.74, 6) is -2.97. The van der Waals surface area contributed by atoms with Crippen LogP contribution < -0.4 is 0 Å². The Labute approximate surface area is 81.7 Å². The second-order valence-electron chi connectivity index (χ2n) is 3.10. The minimum absolute atomic E-state index is 0.655. The van der Waals surface area contributed by atoms with Crippen LogP contribution in [0.1, 0.15) is 0 Å². The Morgan fingerprint density at radius 1 is 1.71 bits per heavy atom. The first-order chi connectivity index (χ1) is 6.39. The van der Waals surface area contributed by atoms with Crippen LogP contribution in [0, 0.1) is 0 Å². The molecule has 1 fully saturated rings. The Bertz CT molecular complexity index is 277. The second kappa shape index (κ2) is 3.49. The fourth-order valence-corrected chi connectivity index (χ4v) is 1.34. The molecule has 0 aromatic carbocycles. The number of hydrogen-bond donors (Lipinski definition) is 3. The first kappa shape index (κ1) is 11.4. The zero-order chi connectivity index (χ0) is 11.0. The SMILES string of the molecule is [B]C1(F)OC(CO)C(O)C1(O)C=C=C. The van der Waals surface area contributed by atoms with Gasteiger partial charge in [-0.05, 0) is 6.08 Å². The van der Waals surface area contributed by atoms with Gasteiger partial charge in [-0.25, -0.2) is 4.39 Å². The second-order valence-corrected chi connectivity index (χ2v) is 3.10. The van der Waals surface area contributed by atoms with E-state index in [1.165, 1.54) is 0 Å². The fourth-order valence-electron chi connectivity index (χ4n) is 1.34. The number of halogens is 1. The van der Waals surface area contributed by atoms with Crippen molar-refractivity contribution in [2.45, 2.75) is 23.6 Å². The number of aliphatic hydroxyl groups is 3. The van der Waals surface area contributed by atoms with Crippen LogP contribution in [0.2, 0.25) is 0 Å². The van der Waals surface area contributed by atoms with Crippen molar-refractivity contribution in [3.63, 3.8) is 0 Å². The molecule has 1 aliphatic rings. The minimum Gasteiger partial charge on any atom is -0.394 e. The van der Waals surface area contributed by atoms with E-state index in [4.69, 9.17) is 13.0 Å². The van der Waals surface area contributed by atoms with E-state index in [9.17, 15) is 14.6 Å². The summed E-state index contributed by atoms with van der Waals surface area (Å²) < 4.78 is 17.9. The van der Waals surface area contributed by atoms with Crippen LogP contribution in [0.5, 0.6) is 0 Å². The van der Waals surface area contributed by atoms with E-state index in [0.717, 1.165) is 6.08 Å². The van der Waals surface area contributed by atoms with E-state index in [2.05, 4.69) is 17.0 Å². The lowest BCUT2D eigenvalue weighted by atomic mass is 9.78. The zero-order valence-corrected chi connectivity index (χ0v) is 7.35. The van der Waals surface area contributed by atoms with E-state index in [-0.39, 0.29) is 0 Å². The quantitative estimate of drug-likeness (QED) is 0.378. The summed E-state index contributed by atoms with van der Waals surface area (Å²) in [5.41, 5.74) is -0.328. The van der Waals surface area contributed by atoms with Gasteiger partial charge in [0.25, 0.3) is 0 Å². The van der Waals surface area contributed by atoms with Gasteiger partial charge in [-0.2, -0.15) is 0 Å². The van der Waals surface area contributed by atoms with Crippen LogP contribution in [-0.4, -0.2) is 53.3 Å². The molecule has 0 bridgehead atoms. The molecule has 76 valence electrons. The Kier molecular flexibility index (Phi) is 2.85. The summed E-state index contributed by atoms with van der Waals surface area (Å²) in [6, 6.07) is 0. The summed E-state index contributed by atoms with van der Waals surface area (Å²) >= 11 is 0. The smallest absolute Gasteiger partial charge is 0.195 e. The molecule has 1 saturated heterocycles. The van der Waals surface area contributed by atoms with E-state index >= 15 is 0 Å². The third-order valence-corrected chi connectivity index (χ3v) is 2.17. The molecule has 0 aliphatic carbocycles. The summed E-state index contributed by atoms with van der Waals surface area (Å²) in [4.78, 5) is 0. The third-order valence-electron chi connectivity index (χ3n) is 2.17. The van der Waals surface area contributed by atoms with E-state index in [1.807, 2.05) is 0 Å². The van der Waals surface area contributed by atoms with Crippen LogP contribution in [-0.2, 0) is 4.74 Å². The van der Waals surface area contributed by atoms with Crippen molar-refractivity contribution < 1.29 is 24.4 Å². The third kappa shape index (κ3) is 1.41. The summed E-state index contributed by atoms with van der Waals surface area (Å²) in [6.45, 7) is 2.47. The van der Waals surface area contributed by atoms with Gasteiger partial charge in [0.15, 0.2) is 19.2 Å². The molecule has 3 N–H and O–H groups in total. The first-order valence-electron chi connectivity index (χ1n) is 3.93. The lowest BCUT2D eigenvalue weighted by molar-refractivity contribution is -0.144. The van der Waals surface area contributed by atoms with Crippen LogP contribution in [0.25, 0.3) is 0 Å². The molecule has 1 rings (SSSR count). The van der Waals surface area contributed by atoms with Gasteiger partial charge in [0.1, 0.15) is 12.2 Å². The van der Waals surface area contributed by atoms with Gasteiger partial charge < -0.3 is 20.1 Å². The summed E-state index contributed by atoms with van der Waals surface area (Å²) in [7, 11) is 4.99. The molecular formula is C8H10BFO4. The topological polar surface area (TPSA) is 69.9 Å². The number of aliphatic hydroxyl groups excluding tert-OH is 2. The highest BCUT2D eigenvalue weighted by Crippen LogP contribution is 2.39. The molecular weight excluding hydrogens is 190 g/mol. The molecule has 0 spiro atoms. The molecule has 0 aromatic heterocycles. The average Bonchev–Trinajstić information content (AvgIpc) is 2.27. The van der Waals surface area contributed by atoms with Crippen molar-refractivity contribution in [2.24, 2.45) is 0 Å². The summed E-state index contributed by atoms with van der Waals surface area (Å²) in [5, 5.41) is 27.8. The predicted molar refractivity (Wildman–Crippen MR) is 46.2 cm³/mol. The van der Waals surface area contributed by atoms with Crippen molar-refractivity contribution in [3.8, 4) is 0 Å². The highest BCUT2D eigenvalue weighted by molar-refractivity contribution is 6.14. The van der Waals surface area contributed by atoms with Crippen molar-refractivity contribution in [3.05, 3.63) is 18.4 Å². The molecule has 4 atom stereocenters. The molecule has 4 nitrogen and oxygen atoms in total. The number of alkyl halides is 1. The molecule has 4 unspecified atom stereocenters. The predicted octanol–water partition coefficient (Wildman–Crippen LogP) is -1.40. The fraction of sp³-hybridized carbons (Fsp3) is 0.625. The molecule has 2 radical (unpaired) electrons. The molecule has 0 amide bonds. The number of rotatable bonds is 2. The van der Waals surface area contributed by atoms with Crippen molar-refractivity contribution in [1.29, 1.82) is 0 Å². The lowest BCUT2D eigenvalue weighted by Gasteiger charge is -2.29. The molecule has 1 aliphatic heterocycles. The Morgan fingerprint density at radius 3 is 2.64 bits per heavy atom. The highest BCUT2D eigenvalue weighted by Gasteiger charge is 2.61. The average molecular weight is 200 g/mol. The van der Waals surface area contributed by atoms with Crippen LogP contribution in [0.3, 0.4) is 0 Å². The first-order valence-corrected chi connectivity index (χ1v) is 3.93. The van der Waals surface area contributed by atoms with E-state index in [0.29, 0.717) is 0 Å². The van der Waals surface area contributed by atoms with E-state index in [1.54, 1.807) is 0 Å². The van der Waals surface area contributed by atoms with Gasteiger partial charge in [0, 0.05) is 0 Å². The van der Waals surface area contributed by atoms with Gasteiger partial charge in [-0.3, -0.25) is 0 Å². The molecule has 0 aromatic rings. The van der Waals surface area contributed by atoms with Crippen LogP contribution in [0.4, 0.5) is 4.39 Å². The van der Waals surface area contributed by atoms with Gasteiger partial charge >= 0.3 is 0 Å². The van der Waals surface area contributed by atoms with Crippen molar-refractivity contribution in [2.75, 3.05) is 6.61 Å². The standard InChI is InChI=1S/C8H10BFO4/c1-2-3-7(13)6(12)5(4-11)14-8(7,9)10/h3,5-6,11-13H,1,4H2. The summed E-state index contributed by atoms with van der Waals surface area (Å²) in [6.07, 6.45) is -2.18. The van der Waals surface area contributed by atoms with Crippen molar-refractivity contribution in [1.82, 2.24) is 0 Å². The maximum Gasteiger partial charge on any atom is 0.195 e. The largest absolute Gasteiger partial charge is 0.394 e. The minimum atomic E-state index is -2.97. The van der Waals surface area contributed by atoms with Crippen LogP contribution >= 0.6 is 0 Å². The van der Waals surface area contributed by atoms with E-state index < -0.39 is 30.2 Å². The molecule has 6 heteroatoms. The Morgan fingerprint density at radius 2 is 2.29 bits per heavy atom. The van der Waals surface area contributed by atoms with Gasteiger partial charge in [-0.1, -0.05) is 6.58 Å². The molecule has 14 heavy (non-hydrogen) atoms. The number of ether oxygens (including phenoxy) is 1. The van der Waals surface area contributed by atoms with Gasteiger partial charge in [0.2, 0.25) is 0 Å². The zero-order valence-electron chi connectivity index (χ0n) is 7.35. The van der Waals surface area contributed by atoms with Crippen molar-refractivity contribution >= 4 is 7.85 Å². The monoisotopic (exact) mass is 200 g/mol. The lowest BCUT2D eigenvalue weighted by Crippen LogP contribution is -2.53. The Balaban J connectivity index is 3.09. The Hall–Kier alpha value is -0.645. The maximum absolute atomic E-state index is 13.5. The molecule has 0 saturated carbocycles.